The van der Waals surface area contributed by atoms with Crippen molar-refractivity contribution in [2.24, 2.45) is 0 Å². The second kappa shape index (κ2) is 11.4. The molecule has 0 saturated heterocycles. The van der Waals surface area contributed by atoms with Crippen LogP contribution in [-0.4, -0.2) is 9.52 Å². The van der Waals surface area contributed by atoms with E-state index in [1.165, 1.54) is 50.6 Å². The molecular weight excluding hydrogens is 485 g/mol. The number of aryl methyl sites for hydroxylation is 1. The van der Waals surface area contributed by atoms with E-state index in [-0.39, 0.29) is 25.8 Å². The van der Waals surface area contributed by atoms with Gasteiger partial charge in [-0.2, -0.15) is 0 Å². The third kappa shape index (κ3) is 9.49. The predicted molar refractivity (Wildman–Crippen MR) is 178 cm³/mol. The molecular formula is C38H56Si. The molecule has 0 aliphatic heterocycles. The fraction of sp³-hybridized carbons (Fsp3) is 0.526. The van der Waals surface area contributed by atoms with Crippen LogP contribution in [0, 0.1) is 6.92 Å². The molecule has 0 spiro atoms. The Morgan fingerprint density at radius 3 is 1.15 bits per heavy atom. The van der Waals surface area contributed by atoms with Crippen LogP contribution in [-0.2, 0) is 35.1 Å². The maximum Gasteiger partial charge on any atom is 0.0308 e. The third-order valence-electron chi connectivity index (χ3n) is 7.82. The summed E-state index contributed by atoms with van der Waals surface area (Å²) in [6.45, 7) is 30.5. The first-order valence-electron chi connectivity index (χ1n) is 15.1. The zero-order chi connectivity index (χ0) is 29.4. The van der Waals surface area contributed by atoms with Gasteiger partial charge >= 0.3 is 0 Å². The van der Waals surface area contributed by atoms with E-state index in [9.17, 15) is 0 Å². The van der Waals surface area contributed by atoms with E-state index >= 15 is 0 Å². The van der Waals surface area contributed by atoms with Gasteiger partial charge in [0.2, 0.25) is 0 Å². The maximum absolute atomic E-state index is 2.51. The summed E-state index contributed by atoms with van der Waals surface area (Å²) < 4.78 is 0. The molecule has 0 heterocycles. The van der Waals surface area contributed by atoms with Gasteiger partial charge in [0.05, 0.1) is 0 Å². The highest BCUT2D eigenvalue weighted by molar-refractivity contribution is 6.39. The van der Waals surface area contributed by atoms with E-state index in [4.69, 9.17) is 0 Å². The lowest BCUT2D eigenvalue weighted by atomic mass is 9.81. The summed E-state index contributed by atoms with van der Waals surface area (Å²) in [4.78, 5) is 0. The van der Waals surface area contributed by atoms with Crippen molar-refractivity contribution in [3.8, 4) is 0 Å². The molecule has 3 aromatic carbocycles. The molecule has 0 radical (unpaired) electrons. The molecule has 0 saturated carbocycles. The quantitative estimate of drug-likeness (QED) is 0.273. The van der Waals surface area contributed by atoms with E-state index in [1.807, 2.05) is 0 Å². The summed E-state index contributed by atoms with van der Waals surface area (Å²) in [7, 11) is -0.177. The highest BCUT2D eigenvalue weighted by Crippen LogP contribution is 2.31. The lowest BCUT2D eigenvalue weighted by molar-refractivity contribution is 0.587. The number of rotatable bonds is 6. The van der Waals surface area contributed by atoms with E-state index in [1.54, 1.807) is 5.56 Å². The first-order chi connectivity index (χ1) is 17.7. The fourth-order valence-electron chi connectivity index (χ4n) is 5.23. The van der Waals surface area contributed by atoms with Gasteiger partial charge in [0.25, 0.3) is 0 Å². The van der Waals surface area contributed by atoms with Crippen LogP contribution < -0.4 is 0 Å². The van der Waals surface area contributed by atoms with Crippen molar-refractivity contribution in [3.05, 3.63) is 105 Å². The first-order valence-corrected chi connectivity index (χ1v) is 16.8. The summed E-state index contributed by atoms with van der Waals surface area (Å²) in [5.74, 6) is 0. The topological polar surface area (TPSA) is 0 Å². The molecule has 0 aromatic heterocycles. The van der Waals surface area contributed by atoms with E-state index in [2.05, 4.69) is 145 Å². The fourth-order valence-corrected chi connectivity index (χ4v) is 6.56. The average Bonchev–Trinajstić information content (AvgIpc) is 2.75. The molecule has 0 bridgehead atoms. The zero-order valence-corrected chi connectivity index (χ0v) is 28.9. The van der Waals surface area contributed by atoms with Gasteiger partial charge in [0.1, 0.15) is 0 Å². The van der Waals surface area contributed by atoms with Gasteiger partial charge in [0.15, 0.2) is 0 Å². The summed E-state index contributed by atoms with van der Waals surface area (Å²) >= 11 is 0. The Morgan fingerprint density at radius 2 is 0.769 bits per heavy atom. The first kappa shape index (κ1) is 31.4. The molecule has 0 nitrogen and oxygen atoms in total. The van der Waals surface area contributed by atoms with Crippen molar-refractivity contribution in [1.29, 1.82) is 0 Å². The highest BCUT2D eigenvalue weighted by Gasteiger charge is 2.20. The molecule has 0 fully saturated rings. The molecule has 0 aliphatic carbocycles. The minimum absolute atomic E-state index is 0.116. The van der Waals surface area contributed by atoms with Gasteiger partial charge in [-0.05, 0) is 86.0 Å². The number of hydrogen-bond donors (Lipinski definition) is 0. The summed E-state index contributed by atoms with van der Waals surface area (Å²) in [5.41, 5.74) is 13.4. The Bertz CT molecular complexity index is 1280. The van der Waals surface area contributed by atoms with Gasteiger partial charge in [-0.25, -0.2) is 0 Å². The van der Waals surface area contributed by atoms with Crippen molar-refractivity contribution in [3.63, 3.8) is 0 Å². The average molecular weight is 541 g/mol. The van der Waals surface area contributed by atoms with Crippen LogP contribution in [0.4, 0.5) is 0 Å². The molecule has 39 heavy (non-hydrogen) atoms. The minimum Gasteiger partial charge on any atom is -0.0631 e. The Hall–Kier alpha value is -2.12. The SMILES string of the molecule is Cc1cc(Cc2cc(Cc3cc(C[SiH2]C(C)(C)C)cc(C(C)(C)C)c3)cc(C(C)(C)C)c2)cc(C(C)(C)C)c1. The predicted octanol–water partition coefficient (Wildman–Crippen LogP) is 9.96. The van der Waals surface area contributed by atoms with Gasteiger partial charge in [-0.1, -0.05) is 149 Å². The molecule has 3 rings (SSSR count). The van der Waals surface area contributed by atoms with Crippen LogP contribution in [0.2, 0.25) is 5.04 Å². The second-order valence-corrected chi connectivity index (χ2v) is 19.6. The van der Waals surface area contributed by atoms with E-state index in [0.717, 1.165) is 12.8 Å². The van der Waals surface area contributed by atoms with Crippen LogP contribution in [0.3, 0.4) is 0 Å². The summed E-state index contributed by atoms with van der Waals surface area (Å²) in [6, 6.07) is 23.3. The minimum atomic E-state index is -0.177. The van der Waals surface area contributed by atoms with Crippen molar-refractivity contribution in [2.75, 3.05) is 0 Å². The van der Waals surface area contributed by atoms with Crippen molar-refractivity contribution in [2.45, 2.75) is 130 Å². The van der Waals surface area contributed by atoms with Crippen LogP contribution in [0.25, 0.3) is 0 Å². The largest absolute Gasteiger partial charge is 0.0631 e. The van der Waals surface area contributed by atoms with Crippen molar-refractivity contribution < 1.29 is 0 Å². The third-order valence-corrected chi connectivity index (χ3v) is 10.1. The van der Waals surface area contributed by atoms with E-state index in [0.29, 0.717) is 5.04 Å². The second-order valence-electron chi connectivity index (χ2n) is 16.4. The standard InChI is InChI=1S/C38H56Si/c1-26-14-27(20-32(15-26)35(2,3)4)16-28-17-29(22-33(21-28)36(5,6)7)18-30-19-31(25-39-38(11,12)13)24-34(23-30)37(8,9)10/h14-15,17,19-24H,16,18,25,39H2,1-13H3. The lowest BCUT2D eigenvalue weighted by Gasteiger charge is -2.24. The Morgan fingerprint density at radius 1 is 0.436 bits per heavy atom. The van der Waals surface area contributed by atoms with Gasteiger partial charge in [0, 0.05) is 9.52 Å². The molecule has 0 atom stereocenters. The number of benzene rings is 3. The van der Waals surface area contributed by atoms with Gasteiger partial charge in [-0.3, -0.25) is 0 Å². The molecule has 1 heteroatoms. The molecule has 0 N–H and O–H groups in total. The Kier molecular flexibility index (Phi) is 9.18. The maximum atomic E-state index is 2.51. The van der Waals surface area contributed by atoms with Crippen molar-refractivity contribution in [1.82, 2.24) is 0 Å². The van der Waals surface area contributed by atoms with Crippen LogP contribution in [0.1, 0.15) is 133 Å². The smallest absolute Gasteiger partial charge is 0.0308 e. The molecule has 0 aliphatic rings. The highest BCUT2D eigenvalue weighted by atomic mass is 28.2. The van der Waals surface area contributed by atoms with E-state index < -0.39 is 0 Å². The zero-order valence-electron chi connectivity index (χ0n) is 27.5. The van der Waals surface area contributed by atoms with Crippen LogP contribution in [0.5, 0.6) is 0 Å². The Balaban J connectivity index is 2.03. The normalized spacial score (nSPS) is 13.5. The molecule has 0 amide bonds. The van der Waals surface area contributed by atoms with Gasteiger partial charge in [-0.15, -0.1) is 0 Å². The molecule has 0 unspecified atom stereocenters. The molecule has 212 valence electrons. The monoisotopic (exact) mass is 540 g/mol. The lowest BCUT2D eigenvalue weighted by Crippen LogP contribution is -2.15. The molecule has 3 aromatic rings. The number of hydrogen-bond acceptors (Lipinski definition) is 0. The van der Waals surface area contributed by atoms with Crippen molar-refractivity contribution >= 4 is 9.52 Å². The van der Waals surface area contributed by atoms with Crippen LogP contribution >= 0.6 is 0 Å². The Labute approximate surface area is 243 Å². The summed E-state index contributed by atoms with van der Waals surface area (Å²) in [6.07, 6.45) is 1.97. The van der Waals surface area contributed by atoms with Gasteiger partial charge < -0.3 is 0 Å². The summed E-state index contributed by atoms with van der Waals surface area (Å²) in [5, 5.41) is 0.483. The van der Waals surface area contributed by atoms with Crippen LogP contribution in [0.15, 0.2) is 54.6 Å².